The van der Waals surface area contributed by atoms with Crippen LogP contribution in [0.25, 0.3) is 0 Å². The van der Waals surface area contributed by atoms with E-state index in [4.69, 9.17) is 39.5 Å². The summed E-state index contributed by atoms with van der Waals surface area (Å²) in [5.41, 5.74) is 0. The van der Waals surface area contributed by atoms with E-state index in [-0.39, 0.29) is 31.1 Å². The quantitative estimate of drug-likeness (QED) is 0.603. The third-order valence-corrected chi connectivity index (χ3v) is 4.55. The molecule has 3 amide bonds. The molecule has 0 saturated carbocycles. The van der Waals surface area contributed by atoms with Gasteiger partial charge < -0.3 is 10.1 Å². The lowest BCUT2D eigenvalue weighted by Crippen LogP contribution is -2.52. The van der Waals surface area contributed by atoms with Crippen LogP contribution in [-0.2, 0) is 19.1 Å². The minimum Gasteiger partial charge on any atom is -0.499 e. The maximum atomic E-state index is 13.0. The third kappa shape index (κ3) is 6.63. The highest BCUT2D eigenvalue weighted by molar-refractivity contribution is 6.67. The molecular formula is C17H25Cl3N2O4. The van der Waals surface area contributed by atoms with E-state index in [0.29, 0.717) is 12.2 Å². The van der Waals surface area contributed by atoms with Crippen LogP contribution in [0.1, 0.15) is 46.5 Å². The molecule has 1 N–H and O–H groups in total. The Morgan fingerprint density at radius 1 is 1.35 bits per heavy atom. The van der Waals surface area contributed by atoms with E-state index in [2.05, 4.69) is 5.32 Å². The monoisotopic (exact) mass is 426 g/mol. The van der Waals surface area contributed by atoms with E-state index < -0.39 is 27.7 Å². The van der Waals surface area contributed by atoms with Crippen molar-refractivity contribution < 1.29 is 19.1 Å². The van der Waals surface area contributed by atoms with Gasteiger partial charge in [-0.25, -0.2) is 0 Å². The number of ether oxygens (including phenoxy) is 1. The Balaban J connectivity index is 3.05. The van der Waals surface area contributed by atoms with Gasteiger partial charge in [0.05, 0.1) is 13.2 Å². The van der Waals surface area contributed by atoms with Crippen molar-refractivity contribution in [3.05, 3.63) is 11.8 Å². The zero-order valence-electron chi connectivity index (χ0n) is 15.4. The molecule has 0 fully saturated rings. The minimum atomic E-state index is -1.51. The predicted octanol–water partition coefficient (Wildman–Crippen LogP) is 3.35. The van der Waals surface area contributed by atoms with Crippen LogP contribution in [0, 0.1) is 5.92 Å². The Kier molecular flexibility index (Phi) is 8.70. The number of imide groups is 1. The third-order valence-electron chi connectivity index (χ3n) is 3.98. The SMILES string of the molecule is CCC(=O)NC(CC(C)C)C(=O)N1C(=O)C=C(OC)C1CCC(Cl)(Cl)Cl. The molecular weight excluding hydrogens is 403 g/mol. The molecule has 0 aromatic heterocycles. The van der Waals surface area contributed by atoms with Crippen molar-refractivity contribution in [2.45, 2.75) is 62.3 Å². The van der Waals surface area contributed by atoms with Gasteiger partial charge in [0.25, 0.3) is 11.8 Å². The Morgan fingerprint density at radius 2 is 1.96 bits per heavy atom. The zero-order chi connectivity index (χ0) is 20.1. The summed E-state index contributed by atoms with van der Waals surface area (Å²) in [4.78, 5) is 38.3. The number of amides is 3. The van der Waals surface area contributed by atoms with E-state index in [9.17, 15) is 14.4 Å². The fraction of sp³-hybridized carbons (Fsp3) is 0.706. The molecule has 1 rings (SSSR count). The molecule has 26 heavy (non-hydrogen) atoms. The summed E-state index contributed by atoms with van der Waals surface area (Å²) < 4.78 is 3.73. The number of methoxy groups -OCH3 is 1. The predicted molar refractivity (Wildman–Crippen MR) is 102 cm³/mol. The standard InChI is InChI=1S/C17H25Cl3N2O4/c1-5-14(23)21-11(8-10(2)3)16(25)22-12(6-7-17(18,19)20)13(26-4)9-15(22)24/h9-12H,5-8H2,1-4H3,(H,21,23). The van der Waals surface area contributed by atoms with Gasteiger partial charge in [-0.3, -0.25) is 19.3 Å². The average molecular weight is 428 g/mol. The molecule has 6 nitrogen and oxygen atoms in total. The first-order chi connectivity index (χ1) is 12.0. The summed E-state index contributed by atoms with van der Waals surface area (Å²) in [5.74, 6) is -0.756. The Hall–Kier alpha value is -0.980. The topological polar surface area (TPSA) is 75.7 Å². The van der Waals surface area contributed by atoms with Gasteiger partial charge >= 0.3 is 0 Å². The van der Waals surface area contributed by atoms with E-state index in [1.807, 2.05) is 13.8 Å². The summed E-state index contributed by atoms with van der Waals surface area (Å²) in [5, 5.41) is 2.70. The van der Waals surface area contributed by atoms with Gasteiger partial charge in [0.15, 0.2) is 3.79 Å². The average Bonchev–Trinajstić information content (AvgIpc) is 2.85. The summed E-state index contributed by atoms with van der Waals surface area (Å²) in [6, 6.07) is -1.46. The Morgan fingerprint density at radius 3 is 2.42 bits per heavy atom. The first-order valence-electron chi connectivity index (χ1n) is 8.48. The fourth-order valence-electron chi connectivity index (χ4n) is 2.75. The van der Waals surface area contributed by atoms with Gasteiger partial charge in [-0.15, -0.1) is 0 Å². The molecule has 1 aliphatic rings. The van der Waals surface area contributed by atoms with Crippen molar-refractivity contribution >= 4 is 52.5 Å². The van der Waals surface area contributed by atoms with E-state index in [1.54, 1.807) is 6.92 Å². The maximum absolute atomic E-state index is 13.0. The second-order valence-corrected chi connectivity index (χ2v) is 9.09. The zero-order valence-corrected chi connectivity index (χ0v) is 17.6. The van der Waals surface area contributed by atoms with Crippen molar-refractivity contribution in [3.8, 4) is 0 Å². The first-order valence-corrected chi connectivity index (χ1v) is 9.62. The second kappa shape index (κ2) is 9.81. The van der Waals surface area contributed by atoms with E-state index in [0.717, 1.165) is 4.90 Å². The molecule has 2 atom stereocenters. The normalized spacial score (nSPS) is 18.8. The second-order valence-electron chi connectivity index (χ2n) is 6.57. The fourth-order valence-corrected chi connectivity index (χ4v) is 3.08. The molecule has 0 saturated heterocycles. The summed E-state index contributed by atoms with van der Waals surface area (Å²) in [7, 11) is 1.42. The van der Waals surface area contributed by atoms with Crippen molar-refractivity contribution in [2.75, 3.05) is 7.11 Å². The number of hydrogen-bond acceptors (Lipinski definition) is 4. The molecule has 9 heteroatoms. The molecule has 1 aliphatic heterocycles. The number of rotatable bonds is 8. The van der Waals surface area contributed by atoms with Crippen molar-refractivity contribution in [3.63, 3.8) is 0 Å². The van der Waals surface area contributed by atoms with Crippen LogP contribution in [0.5, 0.6) is 0 Å². The van der Waals surface area contributed by atoms with Crippen molar-refractivity contribution in [1.82, 2.24) is 10.2 Å². The maximum Gasteiger partial charge on any atom is 0.257 e. The van der Waals surface area contributed by atoms with Crippen LogP contribution in [0.2, 0.25) is 0 Å². The number of alkyl halides is 3. The summed E-state index contributed by atoms with van der Waals surface area (Å²) in [6.07, 6.45) is 2.29. The Labute approximate surface area is 169 Å². The van der Waals surface area contributed by atoms with E-state index >= 15 is 0 Å². The molecule has 1 heterocycles. The molecule has 148 valence electrons. The molecule has 0 radical (unpaired) electrons. The lowest BCUT2D eigenvalue weighted by Gasteiger charge is -2.30. The molecule has 0 aliphatic carbocycles. The van der Waals surface area contributed by atoms with Crippen LogP contribution in [0.15, 0.2) is 11.8 Å². The summed E-state index contributed by atoms with van der Waals surface area (Å²) in [6.45, 7) is 5.56. The van der Waals surface area contributed by atoms with Gasteiger partial charge in [-0.1, -0.05) is 55.6 Å². The number of halogens is 3. The lowest BCUT2D eigenvalue weighted by atomic mass is 10.0. The number of carbonyl (C=O) groups excluding carboxylic acids is 3. The van der Waals surface area contributed by atoms with Crippen LogP contribution in [-0.4, -0.2) is 45.6 Å². The van der Waals surface area contributed by atoms with Crippen LogP contribution in [0.3, 0.4) is 0 Å². The highest BCUT2D eigenvalue weighted by Gasteiger charge is 2.42. The molecule has 2 unspecified atom stereocenters. The first kappa shape index (κ1) is 23.1. The number of carbonyl (C=O) groups is 3. The van der Waals surface area contributed by atoms with Gasteiger partial charge in [0.2, 0.25) is 5.91 Å². The van der Waals surface area contributed by atoms with Gasteiger partial charge in [0.1, 0.15) is 11.8 Å². The number of nitrogens with one attached hydrogen (secondary N) is 1. The highest BCUT2D eigenvalue weighted by atomic mass is 35.6. The van der Waals surface area contributed by atoms with Gasteiger partial charge in [-0.05, 0) is 25.2 Å². The highest BCUT2D eigenvalue weighted by Crippen LogP contribution is 2.35. The van der Waals surface area contributed by atoms with Crippen LogP contribution < -0.4 is 5.32 Å². The van der Waals surface area contributed by atoms with E-state index in [1.165, 1.54) is 13.2 Å². The number of hydrogen-bond donors (Lipinski definition) is 1. The smallest absolute Gasteiger partial charge is 0.257 e. The molecule has 0 aromatic carbocycles. The molecule has 0 aromatic rings. The van der Waals surface area contributed by atoms with Gasteiger partial charge in [-0.2, -0.15) is 0 Å². The van der Waals surface area contributed by atoms with Crippen LogP contribution in [0.4, 0.5) is 0 Å². The van der Waals surface area contributed by atoms with Crippen molar-refractivity contribution in [1.29, 1.82) is 0 Å². The van der Waals surface area contributed by atoms with Gasteiger partial charge in [0, 0.05) is 12.5 Å². The molecule has 0 spiro atoms. The minimum absolute atomic E-state index is 0.135. The molecule has 0 bridgehead atoms. The Bertz CT molecular complexity index is 573. The summed E-state index contributed by atoms with van der Waals surface area (Å²) >= 11 is 17.4. The van der Waals surface area contributed by atoms with Crippen LogP contribution >= 0.6 is 34.8 Å². The van der Waals surface area contributed by atoms with Crippen molar-refractivity contribution in [2.24, 2.45) is 5.92 Å². The lowest BCUT2D eigenvalue weighted by molar-refractivity contribution is -0.146. The largest absolute Gasteiger partial charge is 0.499 e. The number of nitrogens with zero attached hydrogens (tertiary/aromatic N) is 1.